The molecule has 0 saturated heterocycles. The van der Waals surface area contributed by atoms with Crippen LogP contribution in [0.15, 0.2) is 73.2 Å². The van der Waals surface area contributed by atoms with Gasteiger partial charge < -0.3 is 10.1 Å². The van der Waals surface area contributed by atoms with E-state index in [9.17, 15) is 4.79 Å². The molecule has 0 atom stereocenters. The molecule has 23 heavy (non-hydrogen) atoms. The van der Waals surface area contributed by atoms with E-state index in [4.69, 9.17) is 4.74 Å². The predicted octanol–water partition coefficient (Wildman–Crippen LogP) is 3.20. The normalized spacial score (nSPS) is 10.1. The summed E-state index contributed by atoms with van der Waals surface area (Å²) >= 11 is 0. The summed E-state index contributed by atoms with van der Waals surface area (Å²) in [6, 6.07) is 16.3. The van der Waals surface area contributed by atoms with Crippen molar-refractivity contribution in [2.45, 2.75) is 6.54 Å². The van der Waals surface area contributed by atoms with E-state index in [2.05, 4.69) is 15.3 Å². The first-order chi connectivity index (χ1) is 11.3. The Morgan fingerprint density at radius 2 is 1.74 bits per heavy atom. The van der Waals surface area contributed by atoms with E-state index in [0.717, 1.165) is 5.56 Å². The van der Waals surface area contributed by atoms with E-state index in [1.54, 1.807) is 30.7 Å². The fourth-order valence-corrected chi connectivity index (χ4v) is 2.02. The van der Waals surface area contributed by atoms with E-state index in [-0.39, 0.29) is 11.8 Å². The quantitative estimate of drug-likeness (QED) is 0.786. The zero-order valence-corrected chi connectivity index (χ0v) is 12.3. The number of aromatic nitrogens is 2. The number of hydrogen-bond acceptors (Lipinski definition) is 4. The third-order valence-corrected chi connectivity index (χ3v) is 3.18. The van der Waals surface area contributed by atoms with Gasteiger partial charge in [0.25, 0.3) is 5.91 Å². The zero-order chi connectivity index (χ0) is 15.9. The van der Waals surface area contributed by atoms with Crippen molar-refractivity contribution < 1.29 is 9.53 Å². The van der Waals surface area contributed by atoms with Gasteiger partial charge in [0.05, 0.1) is 0 Å². The molecular weight excluding hydrogens is 290 g/mol. The number of hydrogen-bond donors (Lipinski definition) is 1. The molecule has 1 N–H and O–H groups in total. The lowest BCUT2D eigenvalue weighted by Gasteiger charge is -2.10. The molecule has 0 aliphatic rings. The highest BCUT2D eigenvalue weighted by Gasteiger charge is 2.13. The number of ether oxygens (including phenoxy) is 1. The van der Waals surface area contributed by atoms with Gasteiger partial charge in [0.1, 0.15) is 11.3 Å². The highest BCUT2D eigenvalue weighted by Crippen LogP contribution is 2.22. The van der Waals surface area contributed by atoms with Crippen LogP contribution < -0.4 is 10.1 Å². The van der Waals surface area contributed by atoms with E-state index < -0.39 is 0 Å². The van der Waals surface area contributed by atoms with Crippen molar-refractivity contribution in [2.24, 2.45) is 0 Å². The fraction of sp³-hybridized carbons (Fsp3) is 0.0556. The van der Waals surface area contributed by atoms with Gasteiger partial charge in [-0.25, -0.2) is 4.98 Å². The maximum absolute atomic E-state index is 12.4. The molecule has 3 rings (SSSR count). The van der Waals surface area contributed by atoms with Crippen molar-refractivity contribution in [3.8, 4) is 11.6 Å². The molecule has 1 aromatic carbocycles. The Morgan fingerprint density at radius 1 is 0.957 bits per heavy atom. The van der Waals surface area contributed by atoms with Crippen LogP contribution in [0.25, 0.3) is 0 Å². The molecule has 0 spiro atoms. The van der Waals surface area contributed by atoms with Crippen molar-refractivity contribution >= 4 is 5.91 Å². The Balaban J connectivity index is 1.73. The Labute approximate surface area is 134 Å². The minimum absolute atomic E-state index is 0.235. The highest BCUT2D eigenvalue weighted by atomic mass is 16.5. The summed E-state index contributed by atoms with van der Waals surface area (Å²) in [7, 11) is 0. The standard InChI is InChI=1S/C18H15N3O2/c22-17(21-13-14-8-11-19-12-9-14)16-7-4-10-20-18(16)23-15-5-2-1-3-6-15/h1-12H,13H2,(H,21,22). The Kier molecular flexibility index (Phi) is 4.59. The molecule has 114 valence electrons. The lowest BCUT2D eigenvalue weighted by molar-refractivity contribution is 0.0948. The highest BCUT2D eigenvalue weighted by molar-refractivity contribution is 5.96. The molecule has 0 bridgehead atoms. The van der Waals surface area contributed by atoms with Crippen LogP contribution in [0, 0.1) is 0 Å². The maximum Gasteiger partial charge on any atom is 0.257 e. The van der Waals surface area contributed by atoms with E-state index >= 15 is 0 Å². The molecule has 0 saturated carbocycles. The summed E-state index contributed by atoms with van der Waals surface area (Å²) in [6.07, 6.45) is 4.98. The Bertz CT molecular complexity index is 777. The summed E-state index contributed by atoms with van der Waals surface area (Å²) < 4.78 is 5.70. The number of carbonyl (C=O) groups excluding carboxylic acids is 1. The average Bonchev–Trinajstić information content (AvgIpc) is 2.62. The first-order valence-corrected chi connectivity index (χ1v) is 7.18. The second kappa shape index (κ2) is 7.17. The van der Waals surface area contributed by atoms with Crippen LogP contribution in [-0.4, -0.2) is 15.9 Å². The minimum atomic E-state index is -0.235. The van der Waals surface area contributed by atoms with Crippen LogP contribution >= 0.6 is 0 Å². The number of nitrogens with zero attached hydrogens (tertiary/aromatic N) is 2. The average molecular weight is 305 g/mol. The van der Waals surface area contributed by atoms with Crippen LogP contribution in [0.3, 0.4) is 0 Å². The van der Waals surface area contributed by atoms with Crippen molar-refractivity contribution in [1.82, 2.24) is 15.3 Å². The second-order valence-electron chi connectivity index (χ2n) is 4.81. The van der Waals surface area contributed by atoms with Crippen LogP contribution in [0.5, 0.6) is 11.6 Å². The maximum atomic E-state index is 12.4. The molecule has 2 heterocycles. The molecule has 3 aromatic rings. The summed E-state index contributed by atoms with van der Waals surface area (Å²) in [4.78, 5) is 20.5. The van der Waals surface area contributed by atoms with E-state index in [1.807, 2.05) is 42.5 Å². The van der Waals surface area contributed by atoms with Gasteiger partial charge in [0, 0.05) is 25.1 Å². The van der Waals surface area contributed by atoms with Gasteiger partial charge in [0.2, 0.25) is 5.88 Å². The van der Waals surface area contributed by atoms with Crippen LogP contribution in [0.2, 0.25) is 0 Å². The van der Waals surface area contributed by atoms with Gasteiger partial charge in [0.15, 0.2) is 0 Å². The molecule has 1 amide bonds. The lowest BCUT2D eigenvalue weighted by Crippen LogP contribution is -2.23. The molecule has 5 heteroatoms. The lowest BCUT2D eigenvalue weighted by atomic mass is 10.2. The van der Waals surface area contributed by atoms with Gasteiger partial charge in [-0.1, -0.05) is 18.2 Å². The summed E-state index contributed by atoms with van der Waals surface area (Å²) in [5.41, 5.74) is 1.37. The van der Waals surface area contributed by atoms with Gasteiger partial charge in [-0.3, -0.25) is 9.78 Å². The zero-order valence-electron chi connectivity index (χ0n) is 12.3. The Hall–Kier alpha value is -3.21. The number of benzene rings is 1. The van der Waals surface area contributed by atoms with Crippen molar-refractivity contribution in [2.75, 3.05) is 0 Å². The third kappa shape index (κ3) is 3.91. The van der Waals surface area contributed by atoms with Crippen molar-refractivity contribution in [3.05, 3.63) is 84.3 Å². The summed E-state index contributed by atoms with van der Waals surface area (Å²) in [5.74, 6) is 0.682. The predicted molar refractivity (Wildman–Crippen MR) is 86.2 cm³/mol. The number of amides is 1. The number of pyridine rings is 2. The van der Waals surface area contributed by atoms with Crippen LogP contribution in [0.4, 0.5) is 0 Å². The summed E-state index contributed by atoms with van der Waals surface area (Å²) in [6.45, 7) is 0.418. The van der Waals surface area contributed by atoms with Crippen molar-refractivity contribution in [1.29, 1.82) is 0 Å². The fourth-order valence-electron chi connectivity index (χ4n) is 2.02. The van der Waals surface area contributed by atoms with E-state index in [1.165, 1.54) is 0 Å². The molecule has 0 radical (unpaired) electrons. The van der Waals surface area contributed by atoms with Gasteiger partial charge >= 0.3 is 0 Å². The topological polar surface area (TPSA) is 64.1 Å². The number of rotatable bonds is 5. The van der Waals surface area contributed by atoms with Gasteiger partial charge in [-0.2, -0.15) is 0 Å². The largest absolute Gasteiger partial charge is 0.438 e. The molecule has 2 aromatic heterocycles. The number of nitrogens with one attached hydrogen (secondary N) is 1. The molecule has 0 fully saturated rings. The van der Waals surface area contributed by atoms with Crippen LogP contribution in [-0.2, 0) is 6.54 Å². The smallest absolute Gasteiger partial charge is 0.257 e. The Morgan fingerprint density at radius 3 is 2.52 bits per heavy atom. The molecule has 0 aliphatic heterocycles. The van der Waals surface area contributed by atoms with Gasteiger partial charge in [-0.15, -0.1) is 0 Å². The summed E-state index contributed by atoms with van der Waals surface area (Å²) in [5, 5.41) is 2.85. The van der Waals surface area contributed by atoms with Crippen LogP contribution in [0.1, 0.15) is 15.9 Å². The SMILES string of the molecule is O=C(NCc1ccncc1)c1cccnc1Oc1ccccc1. The molecule has 0 aliphatic carbocycles. The molecular formula is C18H15N3O2. The number of carbonyl (C=O) groups is 1. The van der Waals surface area contributed by atoms with Crippen molar-refractivity contribution in [3.63, 3.8) is 0 Å². The third-order valence-electron chi connectivity index (χ3n) is 3.18. The molecule has 0 unspecified atom stereocenters. The molecule has 5 nitrogen and oxygen atoms in total. The first kappa shape index (κ1) is 14.7. The monoisotopic (exact) mass is 305 g/mol. The second-order valence-corrected chi connectivity index (χ2v) is 4.81. The minimum Gasteiger partial charge on any atom is -0.438 e. The van der Waals surface area contributed by atoms with Gasteiger partial charge in [-0.05, 0) is 42.0 Å². The first-order valence-electron chi connectivity index (χ1n) is 7.18. The number of para-hydroxylation sites is 1. The van der Waals surface area contributed by atoms with E-state index in [0.29, 0.717) is 17.9 Å².